The van der Waals surface area contributed by atoms with Gasteiger partial charge in [0, 0.05) is 29.1 Å². The summed E-state index contributed by atoms with van der Waals surface area (Å²) in [5, 5.41) is 14.2. The van der Waals surface area contributed by atoms with Crippen molar-refractivity contribution in [3.63, 3.8) is 0 Å². The predicted molar refractivity (Wildman–Crippen MR) is 90.1 cm³/mol. The monoisotopic (exact) mass is 323 g/mol. The molecule has 2 fully saturated rings. The largest absolute Gasteiger partial charge is 0.552 e. The van der Waals surface area contributed by atoms with Crippen LogP contribution >= 0.6 is 0 Å². The van der Waals surface area contributed by atoms with Crippen molar-refractivity contribution in [3.05, 3.63) is 30.0 Å². The molecule has 2 aromatic heterocycles. The number of pyridine rings is 1. The van der Waals surface area contributed by atoms with Gasteiger partial charge < -0.3 is 20.0 Å². The van der Waals surface area contributed by atoms with Crippen LogP contribution in [0.1, 0.15) is 31.2 Å². The van der Waals surface area contributed by atoms with Gasteiger partial charge in [0.1, 0.15) is 11.4 Å². The minimum absolute atomic E-state index is 0.206. The number of amides is 1. The number of nitrogens with one attached hydrogen (secondary N) is 2. The zero-order valence-electron chi connectivity index (χ0n) is 13.2. The van der Waals surface area contributed by atoms with E-state index >= 15 is 0 Å². The number of rotatable bonds is 3. The third-order valence-electron chi connectivity index (χ3n) is 5.28. The molecule has 0 aromatic carbocycles. The summed E-state index contributed by atoms with van der Waals surface area (Å²) < 4.78 is 5.52. The molecule has 5 rings (SSSR count). The second-order valence-electron chi connectivity index (χ2n) is 7.02. The van der Waals surface area contributed by atoms with E-state index in [9.17, 15) is 9.82 Å². The van der Waals surface area contributed by atoms with E-state index in [1.54, 1.807) is 12.2 Å². The highest BCUT2D eigenvalue weighted by molar-refractivity contribution is 6.52. The van der Waals surface area contributed by atoms with E-state index in [4.69, 9.17) is 4.65 Å². The molecule has 0 radical (unpaired) electrons. The molecule has 1 aliphatic heterocycles. The lowest BCUT2D eigenvalue weighted by atomic mass is 9.68. The van der Waals surface area contributed by atoms with Crippen molar-refractivity contribution in [2.45, 2.75) is 31.7 Å². The van der Waals surface area contributed by atoms with E-state index in [0.29, 0.717) is 11.7 Å². The van der Waals surface area contributed by atoms with E-state index < -0.39 is 7.12 Å². The molecule has 0 atom stereocenters. The molecule has 0 bridgehead atoms. The molecule has 6 nitrogen and oxygen atoms in total. The number of carbonyl (C=O) groups excluding carboxylic acids is 1. The molecular weight excluding hydrogens is 305 g/mol. The van der Waals surface area contributed by atoms with Gasteiger partial charge in [0.05, 0.1) is 6.20 Å². The van der Waals surface area contributed by atoms with E-state index in [2.05, 4.69) is 15.3 Å². The molecule has 122 valence electrons. The van der Waals surface area contributed by atoms with Crippen LogP contribution in [0.5, 0.6) is 5.75 Å². The van der Waals surface area contributed by atoms with Crippen molar-refractivity contribution in [1.82, 2.24) is 15.3 Å². The lowest BCUT2D eigenvalue weighted by Gasteiger charge is -2.39. The highest BCUT2D eigenvalue weighted by Gasteiger charge is 2.39. The number of fused-ring (bicyclic) bond motifs is 3. The summed E-state index contributed by atoms with van der Waals surface area (Å²) in [4.78, 5) is 19.3. The average molecular weight is 323 g/mol. The number of hydrogen-bond acceptors (Lipinski definition) is 4. The van der Waals surface area contributed by atoms with Crippen molar-refractivity contribution in [2.24, 2.45) is 11.8 Å². The summed E-state index contributed by atoms with van der Waals surface area (Å²) in [6.45, 7) is 0. The minimum atomic E-state index is -0.939. The van der Waals surface area contributed by atoms with Crippen LogP contribution < -0.4 is 9.97 Å². The molecular formula is C17H18BN3O3. The summed E-state index contributed by atoms with van der Waals surface area (Å²) in [7, 11) is -0.939. The summed E-state index contributed by atoms with van der Waals surface area (Å²) in [5.41, 5.74) is 2.94. The van der Waals surface area contributed by atoms with Crippen LogP contribution in [0.15, 0.2) is 24.4 Å². The smallest absolute Gasteiger partial charge is 0.531 e. The first-order chi connectivity index (χ1) is 11.7. The fraction of sp³-hybridized carbons (Fsp3) is 0.412. The van der Waals surface area contributed by atoms with Gasteiger partial charge in [-0.2, -0.15) is 0 Å². The molecule has 3 N–H and O–H groups in total. The number of hydrogen-bond donors (Lipinski definition) is 3. The van der Waals surface area contributed by atoms with Crippen molar-refractivity contribution >= 4 is 29.6 Å². The minimum Gasteiger partial charge on any atom is -0.531 e. The van der Waals surface area contributed by atoms with Gasteiger partial charge in [0.2, 0.25) is 5.91 Å². The Hall–Kier alpha value is -2.28. The maximum absolute atomic E-state index is 11.9. The Labute approximate surface area is 139 Å². The predicted octanol–water partition coefficient (Wildman–Crippen LogP) is 1.66. The second kappa shape index (κ2) is 5.11. The molecule has 1 amide bonds. The fourth-order valence-electron chi connectivity index (χ4n) is 3.77. The Bertz CT molecular complexity index is 852. The Morgan fingerprint density at radius 2 is 2.25 bits per heavy atom. The normalized spacial score (nSPS) is 25.5. The number of aromatic nitrogens is 2. The first kappa shape index (κ1) is 14.1. The zero-order chi connectivity index (χ0) is 16.3. The summed E-state index contributed by atoms with van der Waals surface area (Å²) in [6.07, 6.45) is 7.40. The van der Waals surface area contributed by atoms with Gasteiger partial charge in [0.15, 0.2) is 0 Å². The van der Waals surface area contributed by atoms with Crippen LogP contribution in [0.4, 0.5) is 0 Å². The third-order valence-corrected chi connectivity index (χ3v) is 5.28. The summed E-state index contributed by atoms with van der Waals surface area (Å²) in [5.74, 6) is 3.19. The lowest BCUT2D eigenvalue weighted by molar-refractivity contribution is -0.123. The Balaban J connectivity index is 1.40. The van der Waals surface area contributed by atoms with E-state index in [1.807, 2.05) is 12.3 Å². The Kier molecular flexibility index (Phi) is 3.00. The standard InChI is InChI=1S/C17H18BN3O3/c22-17(9-1-2-9)21-11-5-10(6-11)13-7-18(23)24-14-8-20-16-12(15(13)14)3-4-19-16/h3-4,7-11,23H,1-2,5-6H2,(H,19,20)(H,21,22). The first-order valence-electron chi connectivity index (χ1n) is 8.52. The van der Waals surface area contributed by atoms with Crippen LogP contribution in [0.3, 0.4) is 0 Å². The molecule has 24 heavy (non-hydrogen) atoms. The van der Waals surface area contributed by atoms with E-state index in [0.717, 1.165) is 47.9 Å². The van der Waals surface area contributed by atoms with Gasteiger partial charge >= 0.3 is 7.12 Å². The molecule has 0 saturated heterocycles. The molecule has 0 spiro atoms. The summed E-state index contributed by atoms with van der Waals surface area (Å²) >= 11 is 0. The van der Waals surface area contributed by atoms with E-state index in [-0.39, 0.29) is 17.9 Å². The Morgan fingerprint density at radius 3 is 3.04 bits per heavy atom. The van der Waals surface area contributed by atoms with Gasteiger partial charge in [-0.1, -0.05) is 0 Å². The molecule has 3 aliphatic rings. The van der Waals surface area contributed by atoms with E-state index in [1.165, 1.54) is 0 Å². The van der Waals surface area contributed by atoms with Crippen molar-refractivity contribution in [3.8, 4) is 5.75 Å². The molecule has 2 aromatic rings. The highest BCUT2D eigenvalue weighted by Crippen LogP contribution is 2.46. The van der Waals surface area contributed by atoms with Crippen LogP contribution in [0.25, 0.3) is 16.6 Å². The third kappa shape index (κ3) is 2.23. The van der Waals surface area contributed by atoms with Crippen LogP contribution in [-0.4, -0.2) is 34.1 Å². The number of carbonyl (C=O) groups is 1. The number of H-pyrrole nitrogens is 1. The molecule has 2 saturated carbocycles. The molecule has 7 heteroatoms. The number of nitrogens with zero attached hydrogens (tertiary/aromatic N) is 1. The SMILES string of the molecule is O=C(NC1CC(C2=CB(O)Oc3cnc4[nH]ccc4c32)C1)C1CC1. The van der Waals surface area contributed by atoms with Crippen LogP contribution in [-0.2, 0) is 4.79 Å². The van der Waals surface area contributed by atoms with Crippen molar-refractivity contribution in [1.29, 1.82) is 0 Å². The van der Waals surface area contributed by atoms with Gasteiger partial charge in [-0.15, -0.1) is 0 Å². The Morgan fingerprint density at radius 1 is 1.42 bits per heavy atom. The second-order valence-corrected chi connectivity index (χ2v) is 7.02. The van der Waals surface area contributed by atoms with Gasteiger partial charge in [-0.05, 0) is 49.2 Å². The lowest BCUT2D eigenvalue weighted by Crippen LogP contribution is -2.45. The first-order valence-corrected chi connectivity index (χ1v) is 8.52. The maximum Gasteiger partial charge on any atom is 0.552 e. The zero-order valence-corrected chi connectivity index (χ0v) is 13.2. The molecule has 2 aliphatic carbocycles. The van der Waals surface area contributed by atoms with Crippen molar-refractivity contribution < 1.29 is 14.5 Å². The maximum atomic E-state index is 11.9. The van der Waals surface area contributed by atoms with Crippen LogP contribution in [0.2, 0.25) is 0 Å². The summed E-state index contributed by atoms with van der Waals surface area (Å²) in [6, 6.07) is 2.23. The quantitative estimate of drug-likeness (QED) is 0.750. The highest BCUT2D eigenvalue weighted by atomic mass is 16.5. The van der Waals surface area contributed by atoms with Crippen LogP contribution in [0, 0.1) is 11.8 Å². The average Bonchev–Trinajstić information content (AvgIpc) is 3.27. The number of aromatic amines is 1. The fourth-order valence-corrected chi connectivity index (χ4v) is 3.77. The molecule has 0 unspecified atom stereocenters. The van der Waals surface area contributed by atoms with Gasteiger partial charge in [-0.3, -0.25) is 4.79 Å². The van der Waals surface area contributed by atoms with Crippen molar-refractivity contribution in [2.75, 3.05) is 0 Å². The van der Waals surface area contributed by atoms with Gasteiger partial charge in [0.25, 0.3) is 0 Å². The topological polar surface area (TPSA) is 87.2 Å². The molecule has 3 heterocycles. The van der Waals surface area contributed by atoms with Gasteiger partial charge in [-0.25, -0.2) is 4.98 Å². The number of allylic oxidation sites excluding steroid dienone is 1.